The molecule has 3 heterocycles. The number of amides is 1. The van der Waals surface area contributed by atoms with Gasteiger partial charge in [-0.2, -0.15) is 0 Å². The maximum absolute atomic E-state index is 12.5. The zero-order valence-corrected chi connectivity index (χ0v) is 14.4. The van der Waals surface area contributed by atoms with Gasteiger partial charge in [-0.15, -0.1) is 0 Å². The van der Waals surface area contributed by atoms with Gasteiger partial charge in [-0.3, -0.25) is 9.78 Å². The van der Waals surface area contributed by atoms with Crippen molar-refractivity contribution in [3.05, 3.63) is 66.2 Å². The number of rotatable bonds is 5. The van der Waals surface area contributed by atoms with Gasteiger partial charge in [-0.1, -0.05) is 6.07 Å². The van der Waals surface area contributed by atoms with E-state index in [9.17, 15) is 4.79 Å². The molecule has 0 saturated heterocycles. The number of fused-ring (bicyclic) bond motifs is 1. The monoisotopic (exact) mass is 363 g/mol. The number of pyridine rings is 1. The van der Waals surface area contributed by atoms with Crippen LogP contribution in [0.2, 0.25) is 0 Å². The number of nitrogens with zero attached hydrogens (tertiary/aromatic N) is 3. The second-order valence-electron chi connectivity index (χ2n) is 5.79. The third kappa shape index (κ3) is 4.12. The lowest BCUT2D eigenvalue weighted by Crippen LogP contribution is -2.17. The van der Waals surface area contributed by atoms with Crippen LogP contribution in [-0.2, 0) is 6.54 Å². The van der Waals surface area contributed by atoms with E-state index in [-0.39, 0.29) is 11.6 Å². The highest BCUT2D eigenvalue weighted by Crippen LogP contribution is 2.32. The highest BCUT2D eigenvalue weighted by atomic mass is 16.6. The average molecular weight is 363 g/mol. The Morgan fingerprint density at radius 3 is 2.81 bits per heavy atom. The van der Waals surface area contributed by atoms with Gasteiger partial charge in [0, 0.05) is 36.9 Å². The Balaban J connectivity index is 1.43. The summed E-state index contributed by atoms with van der Waals surface area (Å²) in [5, 5.41) is 5.89. The van der Waals surface area contributed by atoms with Gasteiger partial charge in [0.1, 0.15) is 18.9 Å². The van der Waals surface area contributed by atoms with Crippen LogP contribution in [0.5, 0.6) is 11.5 Å². The summed E-state index contributed by atoms with van der Waals surface area (Å²) in [4.78, 5) is 25.0. The van der Waals surface area contributed by atoms with Crippen LogP contribution in [0.1, 0.15) is 16.1 Å². The first-order valence-electron chi connectivity index (χ1n) is 8.45. The van der Waals surface area contributed by atoms with Gasteiger partial charge in [0.25, 0.3) is 5.91 Å². The maximum Gasteiger partial charge on any atom is 0.274 e. The molecule has 8 nitrogen and oxygen atoms in total. The molecule has 0 fully saturated rings. The van der Waals surface area contributed by atoms with E-state index in [0.717, 1.165) is 5.56 Å². The lowest BCUT2D eigenvalue weighted by atomic mass is 10.2. The van der Waals surface area contributed by atoms with Gasteiger partial charge in [-0.05, 0) is 29.8 Å². The fourth-order valence-corrected chi connectivity index (χ4v) is 2.57. The van der Waals surface area contributed by atoms with E-state index in [2.05, 4.69) is 25.6 Å². The van der Waals surface area contributed by atoms with Gasteiger partial charge in [-0.25, -0.2) is 9.97 Å². The second kappa shape index (κ2) is 7.69. The fraction of sp³-hybridized carbons (Fsp3) is 0.158. The molecule has 1 amide bonds. The van der Waals surface area contributed by atoms with Gasteiger partial charge in [0.2, 0.25) is 5.95 Å². The molecule has 4 rings (SSSR count). The summed E-state index contributed by atoms with van der Waals surface area (Å²) < 4.78 is 11.0. The predicted molar refractivity (Wildman–Crippen MR) is 99.0 cm³/mol. The smallest absolute Gasteiger partial charge is 0.274 e. The highest BCUT2D eigenvalue weighted by molar-refractivity contribution is 6.03. The van der Waals surface area contributed by atoms with Crippen molar-refractivity contribution in [2.45, 2.75) is 6.54 Å². The number of aromatic nitrogens is 3. The molecule has 2 N–H and O–H groups in total. The summed E-state index contributed by atoms with van der Waals surface area (Å²) >= 11 is 0. The van der Waals surface area contributed by atoms with E-state index in [1.807, 2.05) is 12.1 Å². The molecule has 1 aliphatic rings. The number of carbonyl (C=O) groups is 1. The van der Waals surface area contributed by atoms with E-state index in [1.54, 1.807) is 36.7 Å². The molecule has 136 valence electrons. The van der Waals surface area contributed by atoms with E-state index in [1.165, 1.54) is 6.20 Å². The van der Waals surface area contributed by atoms with Gasteiger partial charge in [0.05, 0.1) is 0 Å². The van der Waals surface area contributed by atoms with Crippen LogP contribution < -0.4 is 20.1 Å². The fourth-order valence-electron chi connectivity index (χ4n) is 2.57. The first-order valence-corrected chi connectivity index (χ1v) is 8.45. The zero-order chi connectivity index (χ0) is 18.5. The molecule has 0 radical (unpaired) electrons. The Bertz CT molecular complexity index is 949. The third-order valence-corrected chi connectivity index (χ3v) is 3.86. The molecule has 0 bridgehead atoms. The molecule has 0 unspecified atom stereocenters. The number of nitrogens with one attached hydrogen (secondary N) is 2. The van der Waals surface area contributed by atoms with Crippen molar-refractivity contribution < 1.29 is 14.3 Å². The van der Waals surface area contributed by atoms with Crippen LogP contribution in [0.15, 0.2) is 55.0 Å². The molecule has 27 heavy (non-hydrogen) atoms. The first kappa shape index (κ1) is 16.8. The van der Waals surface area contributed by atoms with Crippen molar-refractivity contribution in [3.8, 4) is 11.5 Å². The molecule has 2 aromatic heterocycles. The van der Waals surface area contributed by atoms with Crippen LogP contribution >= 0.6 is 0 Å². The Labute approximate surface area is 155 Å². The Kier molecular flexibility index (Phi) is 4.78. The van der Waals surface area contributed by atoms with E-state index in [4.69, 9.17) is 9.47 Å². The molecule has 8 heteroatoms. The SMILES string of the molecule is O=C(Nc1ccc2c(c1)OCCO2)c1ccnc(NCc2cccnc2)n1. The Hall–Kier alpha value is -3.68. The summed E-state index contributed by atoms with van der Waals surface area (Å²) in [5.41, 5.74) is 1.86. The molecular weight excluding hydrogens is 346 g/mol. The van der Waals surface area contributed by atoms with Gasteiger partial charge < -0.3 is 20.1 Å². The summed E-state index contributed by atoms with van der Waals surface area (Å²) in [6, 6.07) is 10.6. The van der Waals surface area contributed by atoms with Crippen LogP contribution in [-0.4, -0.2) is 34.1 Å². The summed E-state index contributed by atoms with van der Waals surface area (Å²) in [6.07, 6.45) is 5.01. The molecule has 3 aromatic rings. The number of benzene rings is 1. The molecular formula is C19H17N5O3. The third-order valence-electron chi connectivity index (χ3n) is 3.86. The molecule has 0 atom stereocenters. The van der Waals surface area contributed by atoms with Crippen LogP contribution in [0.3, 0.4) is 0 Å². The molecule has 0 spiro atoms. The van der Waals surface area contributed by atoms with Crippen molar-refractivity contribution in [1.82, 2.24) is 15.0 Å². The number of hydrogen-bond donors (Lipinski definition) is 2. The van der Waals surface area contributed by atoms with E-state index in [0.29, 0.717) is 42.9 Å². The minimum atomic E-state index is -0.335. The van der Waals surface area contributed by atoms with Crippen molar-refractivity contribution in [1.29, 1.82) is 0 Å². The number of anilines is 2. The molecule has 1 aromatic carbocycles. The normalized spacial score (nSPS) is 12.3. The first-order chi connectivity index (χ1) is 13.3. The van der Waals surface area contributed by atoms with Crippen LogP contribution in [0.25, 0.3) is 0 Å². The average Bonchev–Trinajstić information content (AvgIpc) is 2.73. The predicted octanol–water partition coefficient (Wildman–Crippen LogP) is 2.51. The quantitative estimate of drug-likeness (QED) is 0.719. The van der Waals surface area contributed by atoms with Gasteiger partial charge >= 0.3 is 0 Å². The topological polar surface area (TPSA) is 98.3 Å². The lowest BCUT2D eigenvalue weighted by Gasteiger charge is -2.19. The summed E-state index contributed by atoms with van der Waals surface area (Å²) in [7, 11) is 0. The van der Waals surface area contributed by atoms with Gasteiger partial charge in [0.15, 0.2) is 11.5 Å². The Morgan fingerprint density at radius 2 is 1.96 bits per heavy atom. The van der Waals surface area contributed by atoms with Crippen LogP contribution in [0, 0.1) is 0 Å². The number of hydrogen-bond acceptors (Lipinski definition) is 7. The Morgan fingerprint density at radius 1 is 1.07 bits per heavy atom. The summed E-state index contributed by atoms with van der Waals surface area (Å²) in [6.45, 7) is 1.53. The van der Waals surface area contributed by atoms with Crippen molar-refractivity contribution in [2.24, 2.45) is 0 Å². The van der Waals surface area contributed by atoms with E-state index < -0.39 is 0 Å². The summed E-state index contributed by atoms with van der Waals surface area (Å²) in [5.74, 6) is 1.32. The zero-order valence-electron chi connectivity index (χ0n) is 14.4. The molecule has 0 aliphatic carbocycles. The largest absolute Gasteiger partial charge is 0.486 e. The standard InChI is InChI=1S/C19H17N5O3/c25-18(23-14-3-4-16-17(10-14)27-9-8-26-16)15-5-7-21-19(24-15)22-12-13-2-1-6-20-11-13/h1-7,10-11H,8-9,12H2,(H,23,25)(H,21,22,24). The molecule has 1 aliphatic heterocycles. The minimum absolute atomic E-state index is 0.258. The number of carbonyl (C=O) groups excluding carboxylic acids is 1. The maximum atomic E-state index is 12.5. The van der Waals surface area contributed by atoms with E-state index >= 15 is 0 Å². The lowest BCUT2D eigenvalue weighted by molar-refractivity contribution is 0.102. The van der Waals surface area contributed by atoms with Crippen molar-refractivity contribution in [2.75, 3.05) is 23.8 Å². The second-order valence-corrected chi connectivity index (χ2v) is 5.79. The van der Waals surface area contributed by atoms with Crippen molar-refractivity contribution >= 4 is 17.5 Å². The van der Waals surface area contributed by atoms with Crippen molar-refractivity contribution in [3.63, 3.8) is 0 Å². The number of ether oxygens (including phenoxy) is 2. The minimum Gasteiger partial charge on any atom is -0.486 e. The molecule has 0 saturated carbocycles. The highest BCUT2D eigenvalue weighted by Gasteiger charge is 2.14. The van der Waals surface area contributed by atoms with Crippen LogP contribution in [0.4, 0.5) is 11.6 Å².